The highest BCUT2D eigenvalue weighted by atomic mass is 15.3. The third-order valence-electron chi connectivity index (χ3n) is 4.88. The van der Waals surface area contributed by atoms with Crippen molar-refractivity contribution in [2.75, 3.05) is 26.2 Å². The van der Waals surface area contributed by atoms with Crippen LogP contribution in [0.25, 0.3) is 5.65 Å². The molecule has 1 fully saturated rings. The Morgan fingerprint density at radius 2 is 1.84 bits per heavy atom. The molecule has 0 saturated carbocycles. The van der Waals surface area contributed by atoms with Gasteiger partial charge in [0.1, 0.15) is 0 Å². The molecule has 1 saturated heterocycles. The molecule has 0 atom stereocenters. The van der Waals surface area contributed by atoms with Gasteiger partial charge in [0.25, 0.3) is 0 Å². The monoisotopic (exact) mass is 339 g/mol. The van der Waals surface area contributed by atoms with Crippen LogP contribution in [-0.2, 0) is 19.6 Å². The van der Waals surface area contributed by atoms with E-state index >= 15 is 0 Å². The quantitative estimate of drug-likeness (QED) is 0.707. The topological polar surface area (TPSA) is 54.5 Å². The Morgan fingerprint density at radius 3 is 2.64 bits per heavy atom. The molecule has 1 aliphatic heterocycles. The van der Waals surface area contributed by atoms with Gasteiger partial charge in [-0.15, -0.1) is 0 Å². The summed E-state index contributed by atoms with van der Waals surface area (Å²) in [5.41, 5.74) is 3.46. The summed E-state index contributed by atoms with van der Waals surface area (Å²) in [7, 11) is 0. The van der Waals surface area contributed by atoms with E-state index in [1.54, 1.807) is 0 Å². The lowest BCUT2D eigenvalue weighted by Crippen LogP contribution is -2.30. The fourth-order valence-electron chi connectivity index (χ4n) is 3.50. The Kier molecular flexibility index (Phi) is 4.76. The highest BCUT2D eigenvalue weighted by Gasteiger charge is 2.17. The third-order valence-corrected chi connectivity index (χ3v) is 4.88. The van der Waals surface area contributed by atoms with Crippen LogP contribution in [0.3, 0.4) is 0 Å². The number of fused-ring (bicyclic) bond motifs is 1. The van der Waals surface area contributed by atoms with Gasteiger partial charge in [0.05, 0.1) is 24.3 Å². The van der Waals surface area contributed by atoms with E-state index in [-0.39, 0.29) is 0 Å². The van der Waals surface area contributed by atoms with Crippen LogP contribution < -0.4 is 0 Å². The molecule has 7 nitrogen and oxygen atoms in total. The van der Waals surface area contributed by atoms with Crippen LogP contribution in [0.1, 0.15) is 24.6 Å². The zero-order chi connectivity index (χ0) is 17.1. The van der Waals surface area contributed by atoms with Gasteiger partial charge >= 0.3 is 0 Å². The maximum absolute atomic E-state index is 4.44. The molecular formula is C18H25N7. The molecule has 4 heterocycles. The van der Waals surface area contributed by atoms with E-state index in [4.69, 9.17) is 0 Å². The SMILES string of the molecule is CCn1cc(CN2CCCN(Cc3cnc4cnccn34)CC2)cn1. The van der Waals surface area contributed by atoms with E-state index in [0.717, 1.165) is 51.5 Å². The molecule has 3 aromatic rings. The minimum atomic E-state index is 0.918. The molecule has 0 bridgehead atoms. The summed E-state index contributed by atoms with van der Waals surface area (Å²) in [6, 6.07) is 0. The first-order valence-corrected chi connectivity index (χ1v) is 9.04. The summed E-state index contributed by atoms with van der Waals surface area (Å²) in [5.74, 6) is 0. The molecular weight excluding hydrogens is 314 g/mol. The number of nitrogens with zero attached hydrogens (tertiary/aromatic N) is 7. The van der Waals surface area contributed by atoms with Gasteiger partial charge in [-0.3, -0.25) is 23.9 Å². The zero-order valence-corrected chi connectivity index (χ0v) is 14.8. The van der Waals surface area contributed by atoms with Crippen molar-refractivity contribution < 1.29 is 0 Å². The first-order valence-electron chi connectivity index (χ1n) is 9.04. The number of imidazole rings is 1. The van der Waals surface area contributed by atoms with Crippen molar-refractivity contribution in [3.63, 3.8) is 0 Å². The van der Waals surface area contributed by atoms with Gasteiger partial charge in [0.15, 0.2) is 5.65 Å². The maximum atomic E-state index is 4.44. The lowest BCUT2D eigenvalue weighted by molar-refractivity contribution is 0.245. The Bertz CT molecular complexity index is 822. The van der Waals surface area contributed by atoms with E-state index in [1.807, 2.05) is 35.7 Å². The van der Waals surface area contributed by atoms with Crippen LogP contribution in [0.4, 0.5) is 0 Å². The lowest BCUT2D eigenvalue weighted by Gasteiger charge is -2.21. The van der Waals surface area contributed by atoms with Crippen LogP contribution in [0.15, 0.2) is 37.2 Å². The molecule has 3 aromatic heterocycles. The Morgan fingerprint density at radius 1 is 1.00 bits per heavy atom. The smallest absolute Gasteiger partial charge is 0.155 e. The second-order valence-corrected chi connectivity index (χ2v) is 6.66. The Labute approximate surface area is 147 Å². The van der Waals surface area contributed by atoms with Gasteiger partial charge in [-0.2, -0.15) is 5.10 Å². The summed E-state index contributed by atoms with van der Waals surface area (Å²) in [6.45, 7) is 9.44. The van der Waals surface area contributed by atoms with E-state index in [0.29, 0.717) is 0 Å². The summed E-state index contributed by atoms with van der Waals surface area (Å²) in [5, 5.41) is 4.38. The van der Waals surface area contributed by atoms with Gasteiger partial charge in [0, 0.05) is 56.9 Å². The van der Waals surface area contributed by atoms with Crippen molar-refractivity contribution >= 4 is 5.65 Å². The molecule has 0 amide bonds. The number of hydrogen-bond donors (Lipinski definition) is 0. The summed E-state index contributed by atoms with van der Waals surface area (Å²) >= 11 is 0. The number of aryl methyl sites for hydroxylation is 1. The van der Waals surface area contributed by atoms with E-state index < -0.39 is 0 Å². The summed E-state index contributed by atoms with van der Waals surface area (Å²) in [6.07, 6.45) is 12.9. The van der Waals surface area contributed by atoms with Crippen LogP contribution >= 0.6 is 0 Å². The third kappa shape index (κ3) is 3.72. The molecule has 0 spiro atoms. The van der Waals surface area contributed by atoms with E-state index in [1.165, 1.54) is 17.7 Å². The summed E-state index contributed by atoms with van der Waals surface area (Å²) < 4.78 is 4.13. The predicted molar refractivity (Wildman–Crippen MR) is 96.1 cm³/mol. The second-order valence-electron chi connectivity index (χ2n) is 6.66. The van der Waals surface area contributed by atoms with Crippen molar-refractivity contribution in [2.24, 2.45) is 0 Å². The molecule has 0 aromatic carbocycles. The van der Waals surface area contributed by atoms with Gasteiger partial charge in [-0.25, -0.2) is 4.98 Å². The van der Waals surface area contributed by atoms with Gasteiger partial charge < -0.3 is 0 Å². The van der Waals surface area contributed by atoms with E-state index in [9.17, 15) is 0 Å². The first kappa shape index (κ1) is 16.2. The number of aromatic nitrogens is 5. The van der Waals surface area contributed by atoms with Crippen molar-refractivity contribution in [3.05, 3.63) is 48.4 Å². The van der Waals surface area contributed by atoms with Gasteiger partial charge in [-0.05, 0) is 26.4 Å². The van der Waals surface area contributed by atoms with Crippen LogP contribution in [0.5, 0.6) is 0 Å². The highest BCUT2D eigenvalue weighted by molar-refractivity contribution is 5.36. The van der Waals surface area contributed by atoms with Crippen LogP contribution in [-0.4, -0.2) is 60.1 Å². The molecule has 0 aliphatic carbocycles. The van der Waals surface area contributed by atoms with Crippen molar-refractivity contribution in [2.45, 2.75) is 33.0 Å². The second kappa shape index (κ2) is 7.33. The molecule has 25 heavy (non-hydrogen) atoms. The van der Waals surface area contributed by atoms with Crippen molar-refractivity contribution in [3.8, 4) is 0 Å². The molecule has 0 N–H and O–H groups in total. The largest absolute Gasteiger partial charge is 0.300 e. The molecule has 132 valence electrons. The zero-order valence-electron chi connectivity index (χ0n) is 14.8. The van der Waals surface area contributed by atoms with E-state index in [2.05, 4.69) is 42.4 Å². The number of rotatable bonds is 5. The van der Waals surface area contributed by atoms with Gasteiger partial charge in [-0.1, -0.05) is 0 Å². The Balaban J connectivity index is 1.36. The minimum absolute atomic E-state index is 0.918. The molecule has 0 unspecified atom stereocenters. The van der Waals surface area contributed by atoms with Gasteiger partial charge in [0.2, 0.25) is 0 Å². The fourth-order valence-corrected chi connectivity index (χ4v) is 3.50. The molecule has 7 heteroatoms. The number of hydrogen-bond acceptors (Lipinski definition) is 5. The highest BCUT2D eigenvalue weighted by Crippen LogP contribution is 2.12. The van der Waals surface area contributed by atoms with Crippen molar-refractivity contribution in [1.29, 1.82) is 0 Å². The molecule has 1 aliphatic rings. The Hall–Kier alpha value is -2.25. The average Bonchev–Trinajstić information content (AvgIpc) is 3.19. The van der Waals surface area contributed by atoms with Crippen LogP contribution in [0, 0.1) is 0 Å². The maximum Gasteiger partial charge on any atom is 0.155 e. The fraction of sp³-hybridized carbons (Fsp3) is 0.500. The minimum Gasteiger partial charge on any atom is -0.300 e. The lowest BCUT2D eigenvalue weighted by atomic mass is 10.3. The summed E-state index contributed by atoms with van der Waals surface area (Å²) in [4.78, 5) is 13.6. The molecule has 4 rings (SSSR count). The van der Waals surface area contributed by atoms with Crippen LogP contribution in [0.2, 0.25) is 0 Å². The van der Waals surface area contributed by atoms with Crippen molar-refractivity contribution in [1.82, 2.24) is 33.9 Å². The predicted octanol–water partition coefficient (Wildman–Crippen LogP) is 1.65. The standard InChI is InChI=1S/C18H25N7/c1-2-24-14-16(10-21-24)13-22-5-3-6-23(9-8-22)15-17-11-20-18-12-19-4-7-25(17)18/h4,7,10-12,14H,2-3,5-6,8-9,13,15H2,1H3. The molecule has 0 radical (unpaired) electrons. The first-order chi connectivity index (χ1) is 12.3. The average molecular weight is 339 g/mol. The normalized spacial score (nSPS) is 17.2.